The molecule has 160 valence electrons. The lowest BCUT2D eigenvalue weighted by atomic mass is 10.2. The van der Waals surface area contributed by atoms with Gasteiger partial charge in [0.25, 0.3) is 5.56 Å². The fraction of sp³-hybridized carbons (Fsp3) is 0.333. The average molecular weight is 420 g/mol. The van der Waals surface area contributed by atoms with E-state index < -0.39 is 0 Å². The standard InChI is InChI=1S/C21H24N8O2/c1-15-16(2)25-14-29(21(15)31)12-20(30)28-9-7-27(8-10-28)19-11-18(23-13-24-19)26-17-5-3-4-6-22-17/h3-6,11,13-14H,7-10,12H2,1-2H3,(H,22,23,24,26). The van der Waals surface area contributed by atoms with Gasteiger partial charge in [-0.1, -0.05) is 6.07 Å². The van der Waals surface area contributed by atoms with Crippen molar-refractivity contribution in [1.82, 2.24) is 29.4 Å². The summed E-state index contributed by atoms with van der Waals surface area (Å²) in [7, 11) is 0. The van der Waals surface area contributed by atoms with Crippen molar-refractivity contribution in [3.8, 4) is 0 Å². The smallest absolute Gasteiger partial charge is 0.256 e. The number of aryl methyl sites for hydroxylation is 1. The summed E-state index contributed by atoms with van der Waals surface area (Å²) in [6.07, 6.45) is 4.66. The van der Waals surface area contributed by atoms with E-state index in [0.717, 1.165) is 5.82 Å². The van der Waals surface area contributed by atoms with E-state index in [-0.39, 0.29) is 18.0 Å². The fourth-order valence-electron chi connectivity index (χ4n) is 3.38. The Kier molecular flexibility index (Phi) is 5.87. The van der Waals surface area contributed by atoms with Gasteiger partial charge in [0.05, 0.1) is 6.33 Å². The number of anilines is 3. The first-order valence-corrected chi connectivity index (χ1v) is 10.1. The van der Waals surface area contributed by atoms with Crippen molar-refractivity contribution in [3.63, 3.8) is 0 Å². The van der Waals surface area contributed by atoms with Crippen LogP contribution < -0.4 is 15.8 Å². The number of piperazine rings is 1. The van der Waals surface area contributed by atoms with E-state index in [1.165, 1.54) is 17.2 Å². The SMILES string of the molecule is Cc1ncn(CC(=O)N2CCN(c3cc(Nc4ccccn4)ncn3)CC2)c(=O)c1C. The van der Waals surface area contributed by atoms with Gasteiger partial charge >= 0.3 is 0 Å². The molecule has 3 aromatic rings. The van der Waals surface area contributed by atoms with Crippen LogP contribution in [0.4, 0.5) is 17.5 Å². The molecule has 1 fully saturated rings. The number of hydrogen-bond acceptors (Lipinski definition) is 8. The highest BCUT2D eigenvalue weighted by molar-refractivity contribution is 5.76. The van der Waals surface area contributed by atoms with Gasteiger partial charge in [-0.25, -0.2) is 19.9 Å². The molecule has 10 nitrogen and oxygen atoms in total. The number of nitrogens with one attached hydrogen (secondary N) is 1. The first kappa shape index (κ1) is 20.5. The molecular weight excluding hydrogens is 396 g/mol. The molecule has 0 aromatic carbocycles. The predicted octanol–water partition coefficient (Wildman–Crippen LogP) is 1.14. The van der Waals surface area contributed by atoms with E-state index >= 15 is 0 Å². The molecule has 4 heterocycles. The zero-order valence-electron chi connectivity index (χ0n) is 17.5. The van der Waals surface area contributed by atoms with Crippen LogP contribution in [0.15, 0.2) is 47.9 Å². The van der Waals surface area contributed by atoms with Crippen LogP contribution in [-0.2, 0) is 11.3 Å². The summed E-state index contributed by atoms with van der Waals surface area (Å²) in [6, 6.07) is 7.48. The molecule has 1 aliphatic heterocycles. The van der Waals surface area contributed by atoms with Gasteiger partial charge < -0.3 is 15.1 Å². The van der Waals surface area contributed by atoms with Crippen LogP contribution >= 0.6 is 0 Å². The van der Waals surface area contributed by atoms with Crippen molar-refractivity contribution < 1.29 is 4.79 Å². The molecule has 0 saturated carbocycles. The second-order valence-corrected chi connectivity index (χ2v) is 7.36. The summed E-state index contributed by atoms with van der Waals surface area (Å²) in [5, 5.41) is 3.16. The third kappa shape index (κ3) is 4.68. The van der Waals surface area contributed by atoms with Crippen molar-refractivity contribution >= 4 is 23.4 Å². The Morgan fingerprint density at radius 1 is 1.03 bits per heavy atom. The summed E-state index contributed by atoms with van der Waals surface area (Å²) in [5.41, 5.74) is 1.08. The molecule has 1 N–H and O–H groups in total. The van der Waals surface area contributed by atoms with E-state index in [9.17, 15) is 9.59 Å². The van der Waals surface area contributed by atoms with Crippen LogP contribution in [0.1, 0.15) is 11.3 Å². The molecule has 1 saturated heterocycles. The number of pyridine rings is 1. The van der Waals surface area contributed by atoms with Gasteiger partial charge in [0.2, 0.25) is 5.91 Å². The molecule has 10 heteroatoms. The Bertz CT molecular complexity index is 1120. The maximum atomic E-state index is 12.7. The van der Waals surface area contributed by atoms with Crippen LogP contribution in [0.25, 0.3) is 0 Å². The number of carbonyl (C=O) groups is 1. The molecule has 0 radical (unpaired) electrons. The van der Waals surface area contributed by atoms with Gasteiger partial charge in [-0.05, 0) is 26.0 Å². The van der Waals surface area contributed by atoms with Gasteiger partial charge in [-0.15, -0.1) is 0 Å². The molecular formula is C21H24N8O2. The van der Waals surface area contributed by atoms with E-state index in [1.54, 1.807) is 24.9 Å². The lowest BCUT2D eigenvalue weighted by Crippen LogP contribution is -2.50. The minimum Gasteiger partial charge on any atom is -0.353 e. The van der Waals surface area contributed by atoms with Crippen LogP contribution in [-0.4, -0.2) is 61.5 Å². The van der Waals surface area contributed by atoms with E-state index in [4.69, 9.17) is 0 Å². The maximum Gasteiger partial charge on any atom is 0.256 e. The first-order chi connectivity index (χ1) is 15.0. The highest BCUT2D eigenvalue weighted by Crippen LogP contribution is 2.18. The number of rotatable bonds is 5. The molecule has 0 atom stereocenters. The minimum atomic E-state index is -0.173. The first-order valence-electron chi connectivity index (χ1n) is 10.1. The zero-order chi connectivity index (χ0) is 21.8. The summed E-state index contributed by atoms with van der Waals surface area (Å²) < 4.78 is 1.37. The number of carbonyl (C=O) groups excluding carboxylic acids is 1. The molecule has 0 spiro atoms. The van der Waals surface area contributed by atoms with Crippen LogP contribution in [0.3, 0.4) is 0 Å². The largest absolute Gasteiger partial charge is 0.353 e. The molecule has 0 bridgehead atoms. The third-order valence-corrected chi connectivity index (χ3v) is 5.35. The summed E-state index contributed by atoms with van der Waals surface area (Å²) in [4.78, 5) is 45.9. The topological polar surface area (TPSA) is 109 Å². The Morgan fingerprint density at radius 2 is 1.84 bits per heavy atom. The van der Waals surface area contributed by atoms with Gasteiger partial charge in [0.15, 0.2) is 0 Å². The molecule has 3 aromatic heterocycles. The van der Waals surface area contributed by atoms with Crippen LogP contribution in [0.5, 0.6) is 0 Å². The average Bonchev–Trinajstić information content (AvgIpc) is 2.80. The second-order valence-electron chi connectivity index (χ2n) is 7.36. The normalized spacial score (nSPS) is 13.9. The Hall–Kier alpha value is -3.82. The van der Waals surface area contributed by atoms with Gasteiger partial charge in [-0.2, -0.15) is 0 Å². The van der Waals surface area contributed by atoms with E-state index in [1.807, 2.05) is 24.3 Å². The van der Waals surface area contributed by atoms with Gasteiger partial charge in [0.1, 0.15) is 30.3 Å². The summed E-state index contributed by atoms with van der Waals surface area (Å²) >= 11 is 0. The lowest BCUT2D eigenvalue weighted by Gasteiger charge is -2.35. The van der Waals surface area contributed by atoms with E-state index in [0.29, 0.717) is 49.1 Å². The fourth-order valence-corrected chi connectivity index (χ4v) is 3.38. The Labute approximate surface area is 179 Å². The quantitative estimate of drug-likeness (QED) is 0.654. The zero-order valence-corrected chi connectivity index (χ0v) is 17.5. The van der Waals surface area contributed by atoms with Crippen molar-refractivity contribution in [2.75, 3.05) is 36.4 Å². The second kappa shape index (κ2) is 8.90. The van der Waals surface area contributed by atoms with Crippen LogP contribution in [0.2, 0.25) is 0 Å². The molecule has 31 heavy (non-hydrogen) atoms. The van der Waals surface area contributed by atoms with E-state index in [2.05, 4.69) is 30.2 Å². The Morgan fingerprint density at radius 3 is 2.58 bits per heavy atom. The monoisotopic (exact) mass is 420 g/mol. The van der Waals surface area contributed by atoms with Crippen LogP contribution in [0, 0.1) is 13.8 Å². The highest BCUT2D eigenvalue weighted by Gasteiger charge is 2.23. The third-order valence-electron chi connectivity index (χ3n) is 5.35. The van der Waals surface area contributed by atoms with Crippen molar-refractivity contribution in [2.24, 2.45) is 0 Å². The van der Waals surface area contributed by atoms with Crippen molar-refractivity contribution in [2.45, 2.75) is 20.4 Å². The maximum absolute atomic E-state index is 12.7. The number of nitrogens with zero attached hydrogens (tertiary/aromatic N) is 7. The molecule has 1 amide bonds. The van der Waals surface area contributed by atoms with Crippen molar-refractivity contribution in [1.29, 1.82) is 0 Å². The lowest BCUT2D eigenvalue weighted by molar-refractivity contribution is -0.132. The molecule has 1 aliphatic rings. The minimum absolute atomic E-state index is 0.00138. The number of aromatic nitrogens is 5. The molecule has 0 aliphatic carbocycles. The summed E-state index contributed by atoms with van der Waals surface area (Å²) in [6.45, 7) is 5.91. The number of hydrogen-bond donors (Lipinski definition) is 1. The summed E-state index contributed by atoms with van der Waals surface area (Å²) in [5.74, 6) is 2.06. The van der Waals surface area contributed by atoms with Gasteiger partial charge in [-0.3, -0.25) is 14.2 Å². The number of amides is 1. The molecule has 0 unspecified atom stereocenters. The molecule has 4 rings (SSSR count). The van der Waals surface area contributed by atoms with Gasteiger partial charge in [0, 0.05) is 49.7 Å². The highest BCUT2D eigenvalue weighted by atomic mass is 16.2. The van der Waals surface area contributed by atoms with Crippen molar-refractivity contribution in [3.05, 3.63) is 64.7 Å². The Balaban J connectivity index is 1.36. The predicted molar refractivity (Wildman–Crippen MR) is 116 cm³/mol.